The van der Waals surface area contributed by atoms with Gasteiger partial charge in [0.1, 0.15) is 17.3 Å². The third kappa shape index (κ3) is 4.70. The Bertz CT molecular complexity index is 634. The van der Waals surface area contributed by atoms with Crippen LogP contribution in [0.2, 0.25) is 5.02 Å². The fraction of sp³-hybridized carbons (Fsp3) is 0.250. The van der Waals surface area contributed by atoms with Gasteiger partial charge in [-0.3, -0.25) is 0 Å². The van der Waals surface area contributed by atoms with Gasteiger partial charge in [-0.15, -0.1) is 0 Å². The van der Waals surface area contributed by atoms with Crippen molar-refractivity contribution >= 4 is 27.5 Å². The van der Waals surface area contributed by atoms with Gasteiger partial charge >= 0.3 is 0 Å². The molecule has 2 rings (SSSR count). The topological polar surface area (TPSA) is 21.3 Å². The molecule has 0 amide bonds. The molecule has 0 aliphatic rings. The Balaban J connectivity index is 2.13. The van der Waals surface area contributed by atoms with Gasteiger partial charge in [0, 0.05) is 12.6 Å². The molecule has 112 valence electrons. The van der Waals surface area contributed by atoms with Crippen molar-refractivity contribution in [1.82, 2.24) is 5.32 Å². The molecular formula is C16H16BrClFNO. The SMILES string of the molecule is CC(C)NCc1ccc(Oc2ccc(F)cc2Cl)c(Br)c1. The van der Waals surface area contributed by atoms with Crippen molar-refractivity contribution in [3.63, 3.8) is 0 Å². The van der Waals surface area contributed by atoms with E-state index in [1.807, 2.05) is 18.2 Å². The van der Waals surface area contributed by atoms with E-state index in [9.17, 15) is 4.39 Å². The van der Waals surface area contributed by atoms with E-state index < -0.39 is 0 Å². The monoisotopic (exact) mass is 371 g/mol. The summed E-state index contributed by atoms with van der Waals surface area (Å²) in [6.07, 6.45) is 0. The number of rotatable bonds is 5. The molecule has 0 saturated heterocycles. The first kappa shape index (κ1) is 16.3. The van der Waals surface area contributed by atoms with Gasteiger partial charge in [-0.1, -0.05) is 31.5 Å². The van der Waals surface area contributed by atoms with Crippen LogP contribution in [0, 0.1) is 5.82 Å². The van der Waals surface area contributed by atoms with E-state index in [0.29, 0.717) is 17.5 Å². The van der Waals surface area contributed by atoms with Crippen LogP contribution in [0.5, 0.6) is 11.5 Å². The molecule has 0 aliphatic carbocycles. The first-order chi connectivity index (χ1) is 9.95. The molecule has 0 spiro atoms. The molecule has 21 heavy (non-hydrogen) atoms. The number of hydrogen-bond donors (Lipinski definition) is 1. The van der Waals surface area contributed by atoms with Gasteiger partial charge in [0.25, 0.3) is 0 Å². The Kier molecular flexibility index (Phi) is 5.62. The molecule has 0 fully saturated rings. The first-order valence-corrected chi connectivity index (χ1v) is 7.77. The van der Waals surface area contributed by atoms with E-state index in [2.05, 4.69) is 35.1 Å². The molecule has 0 saturated carbocycles. The van der Waals surface area contributed by atoms with Crippen LogP contribution in [-0.4, -0.2) is 6.04 Å². The average Bonchev–Trinajstić information content (AvgIpc) is 2.42. The van der Waals surface area contributed by atoms with Crippen molar-refractivity contribution < 1.29 is 9.13 Å². The molecule has 1 N–H and O–H groups in total. The van der Waals surface area contributed by atoms with Crippen molar-refractivity contribution in [1.29, 1.82) is 0 Å². The van der Waals surface area contributed by atoms with Crippen molar-refractivity contribution in [3.8, 4) is 11.5 Å². The predicted molar refractivity (Wildman–Crippen MR) is 87.6 cm³/mol. The van der Waals surface area contributed by atoms with E-state index in [4.69, 9.17) is 16.3 Å². The summed E-state index contributed by atoms with van der Waals surface area (Å²) in [5.74, 6) is 0.671. The Labute approximate surface area is 137 Å². The zero-order chi connectivity index (χ0) is 15.4. The molecule has 0 aliphatic heterocycles. The third-order valence-corrected chi connectivity index (χ3v) is 3.74. The second kappa shape index (κ2) is 7.25. The normalized spacial score (nSPS) is 11.0. The zero-order valence-electron chi connectivity index (χ0n) is 11.8. The summed E-state index contributed by atoms with van der Waals surface area (Å²) < 4.78 is 19.5. The fourth-order valence-corrected chi connectivity index (χ4v) is 2.45. The van der Waals surface area contributed by atoms with Crippen molar-refractivity contribution in [2.45, 2.75) is 26.4 Å². The molecule has 5 heteroatoms. The number of nitrogens with one attached hydrogen (secondary N) is 1. The number of benzene rings is 2. The molecule has 0 bridgehead atoms. The van der Waals surface area contributed by atoms with Crippen LogP contribution in [0.15, 0.2) is 40.9 Å². The maximum Gasteiger partial charge on any atom is 0.146 e. The van der Waals surface area contributed by atoms with Crippen LogP contribution in [0.25, 0.3) is 0 Å². The van der Waals surface area contributed by atoms with Gasteiger partial charge in [0.2, 0.25) is 0 Å². The fourth-order valence-electron chi connectivity index (χ4n) is 1.74. The van der Waals surface area contributed by atoms with Gasteiger partial charge in [-0.25, -0.2) is 4.39 Å². The van der Waals surface area contributed by atoms with Gasteiger partial charge in [-0.2, -0.15) is 0 Å². The molecule has 2 aromatic rings. The lowest BCUT2D eigenvalue weighted by Gasteiger charge is -2.12. The summed E-state index contributed by atoms with van der Waals surface area (Å²) in [6, 6.07) is 10.3. The molecule has 0 heterocycles. The van der Waals surface area contributed by atoms with E-state index >= 15 is 0 Å². The van der Waals surface area contributed by atoms with Crippen LogP contribution in [0.3, 0.4) is 0 Å². The number of hydrogen-bond acceptors (Lipinski definition) is 2. The van der Waals surface area contributed by atoms with Crippen molar-refractivity contribution in [3.05, 3.63) is 57.3 Å². The largest absolute Gasteiger partial charge is 0.455 e. The quantitative estimate of drug-likeness (QED) is 0.745. The molecule has 0 atom stereocenters. The van der Waals surface area contributed by atoms with Crippen molar-refractivity contribution in [2.75, 3.05) is 0 Å². The van der Waals surface area contributed by atoms with Gasteiger partial charge in [-0.05, 0) is 51.8 Å². The summed E-state index contributed by atoms with van der Waals surface area (Å²) in [7, 11) is 0. The van der Waals surface area contributed by atoms with Crippen LogP contribution in [-0.2, 0) is 6.54 Å². The second-order valence-electron chi connectivity index (χ2n) is 4.98. The molecule has 2 aromatic carbocycles. The molecular weight excluding hydrogens is 357 g/mol. The van der Waals surface area contributed by atoms with E-state index in [1.165, 1.54) is 18.2 Å². The lowest BCUT2D eigenvalue weighted by atomic mass is 10.2. The molecule has 0 radical (unpaired) electrons. The minimum atomic E-state index is -0.387. The second-order valence-corrected chi connectivity index (χ2v) is 6.24. The summed E-state index contributed by atoms with van der Waals surface area (Å²) >= 11 is 9.44. The molecule has 0 aromatic heterocycles. The number of halogens is 3. The predicted octanol–water partition coefficient (Wildman–Crippen LogP) is 5.53. The number of ether oxygens (including phenoxy) is 1. The Hall–Kier alpha value is -1.10. The highest BCUT2D eigenvalue weighted by Crippen LogP contribution is 2.34. The van der Waals surface area contributed by atoms with Gasteiger partial charge < -0.3 is 10.1 Å². The Morgan fingerprint density at radius 2 is 1.90 bits per heavy atom. The van der Waals surface area contributed by atoms with Gasteiger partial charge in [0.15, 0.2) is 0 Å². The van der Waals surface area contributed by atoms with Crippen LogP contribution >= 0.6 is 27.5 Å². The highest BCUT2D eigenvalue weighted by Gasteiger charge is 2.08. The van der Waals surface area contributed by atoms with Crippen LogP contribution in [0.4, 0.5) is 4.39 Å². The highest BCUT2D eigenvalue weighted by molar-refractivity contribution is 9.10. The summed E-state index contributed by atoms with van der Waals surface area (Å²) in [5.41, 5.74) is 1.15. The average molecular weight is 373 g/mol. The van der Waals surface area contributed by atoms with Crippen molar-refractivity contribution in [2.24, 2.45) is 0 Å². The van der Waals surface area contributed by atoms with E-state index in [0.717, 1.165) is 16.6 Å². The van der Waals surface area contributed by atoms with E-state index in [1.54, 1.807) is 0 Å². The maximum absolute atomic E-state index is 13.0. The minimum absolute atomic E-state index is 0.243. The third-order valence-electron chi connectivity index (χ3n) is 2.82. The molecule has 2 nitrogen and oxygen atoms in total. The zero-order valence-corrected chi connectivity index (χ0v) is 14.1. The summed E-state index contributed by atoms with van der Waals surface area (Å²) in [5, 5.41) is 3.59. The van der Waals surface area contributed by atoms with Crippen LogP contribution in [0.1, 0.15) is 19.4 Å². The Morgan fingerprint density at radius 3 is 2.52 bits per heavy atom. The smallest absolute Gasteiger partial charge is 0.146 e. The lowest BCUT2D eigenvalue weighted by molar-refractivity contribution is 0.477. The lowest BCUT2D eigenvalue weighted by Crippen LogP contribution is -2.21. The van der Waals surface area contributed by atoms with Gasteiger partial charge in [0.05, 0.1) is 9.50 Å². The summed E-state index contributed by atoms with van der Waals surface area (Å²) in [4.78, 5) is 0. The van der Waals surface area contributed by atoms with Crippen LogP contribution < -0.4 is 10.1 Å². The standard InChI is InChI=1S/C16H16BrClFNO/c1-10(2)20-9-11-3-5-15(13(17)7-11)21-16-6-4-12(19)8-14(16)18/h3-8,10,20H,9H2,1-2H3. The molecule has 0 unspecified atom stereocenters. The Morgan fingerprint density at radius 1 is 1.19 bits per heavy atom. The van der Waals surface area contributed by atoms with E-state index in [-0.39, 0.29) is 10.8 Å². The highest BCUT2D eigenvalue weighted by atomic mass is 79.9. The first-order valence-electron chi connectivity index (χ1n) is 6.60. The summed E-state index contributed by atoms with van der Waals surface area (Å²) in [6.45, 7) is 4.99. The minimum Gasteiger partial charge on any atom is -0.455 e. The maximum atomic E-state index is 13.0.